The average molecular weight is 505 g/mol. The lowest BCUT2D eigenvalue weighted by molar-refractivity contribution is 0.483. The summed E-state index contributed by atoms with van der Waals surface area (Å²) in [5.74, 6) is 2.06. The molecule has 0 aliphatic rings. The zero-order valence-electron chi connectivity index (χ0n) is 17.7. The van der Waals surface area contributed by atoms with Crippen molar-refractivity contribution in [2.24, 2.45) is 0 Å². The second kappa shape index (κ2) is 12.0. The monoisotopic (exact) mass is 503 g/mol. The van der Waals surface area contributed by atoms with Crippen molar-refractivity contribution in [1.82, 2.24) is 10.3 Å². The molecule has 0 bridgehead atoms. The lowest BCUT2D eigenvalue weighted by Gasteiger charge is -2.10. The largest absolute Gasteiger partial charge is 0.457 e. The number of aromatic amines is 1. The van der Waals surface area contributed by atoms with Gasteiger partial charge in [-0.3, -0.25) is 4.79 Å². The highest BCUT2D eigenvalue weighted by Crippen LogP contribution is 2.24. The second-order valence-electron chi connectivity index (χ2n) is 7.38. The molecular weight excluding hydrogens is 481 g/mol. The number of fused-ring (bicyclic) bond motifs is 1. The predicted molar refractivity (Wildman–Crippen MR) is 140 cm³/mol. The average Bonchev–Trinajstić information content (AvgIpc) is 2.79. The molecule has 3 aromatic carbocycles. The molecule has 4 aromatic rings. The van der Waals surface area contributed by atoms with Crippen molar-refractivity contribution >= 4 is 52.3 Å². The molecule has 5 nitrogen and oxygen atoms in total. The minimum Gasteiger partial charge on any atom is -0.457 e. The molecule has 0 fully saturated rings. The van der Waals surface area contributed by atoms with Crippen LogP contribution in [0.3, 0.4) is 0 Å². The van der Waals surface area contributed by atoms with Crippen LogP contribution in [0.5, 0.6) is 11.5 Å². The molecule has 0 saturated heterocycles. The Hall–Kier alpha value is -2.70. The van der Waals surface area contributed by atoms with E-state index in [4.69, 9.17) is 27.9 Å². The third kappa shape index (κ3) is 6.89. The second-order valence-corrected chi connectivity index (χ2v) is 8.19. The molecule has 0 spiro atoms. The molecule has 33 heavy (non-hydrogen) atoms. The Morgan fingerprint density at radius 3 is 2.45 bits per heavy atom. The number of aromatic nitrogens is 1. The summed E-state index contributed by atoms with van der Waals surface area (Å²) in [6.45, 7) is 2.27. The number of nitrogens with one attached hydrogen (secondary N) is 3. The van der Waals surface area contributed by atoms with Crippen LogP contribution in [0, 0.1) is 0 Å². The van der Waals surface area contributed by atoms with Gasteiger partial charge < -0.3 is 20.4 Å². The van der Waals surface area contributed by atoms with Crippen LogP contribution in [0.1, 0.15) is 12.0 Å². The van der Waals surface area contributed by atoms with Crippen molar-refractivity contribution in [3.63, 3.8) is 0 Å². The molecule has 172 valence electrons. The minimum absolute atomic E-state index is 0. The summed E-state index contributed by atoms with van der Waals surface area (Å²) in [6, 6.07) is 22.2. The van der Waals surface area contributed by atoms with E-state index in [0.29, 0.717) is 27.0 Å². The zero-order chi connectivity index (χ0) is 22.3. The smallest absolute Gasteiger partial charge is 0.191 e. The normalized spacial score (nSPS) is 10.6. The van der Waals surface area contributed by atoms with E-state index in [1.165, 1.54) is 0 Å². The van der Waals surface area contributed by atoms with Gasteiger partial charge in [0.1, 0.15) is 17.3 Å². The molecule has 0 saturated carbocycles. The number of benzene rings is 3. The number of anilines is 1. The summed E-state index contributed by atoms with van der Waals surface area (Å²) < 4.78 is 5.83. The molecule has 0 radical (unpaired) electrons. The molecule has 0 aliphatic carbocycles. The van der Waals surface area contributed by atoms with Gasteiger partial charge in [-0.25, -0.2) is 0 Å². The van der Waals surface area contributed by atoms with Crippen LogP contribution in [0.2, 0.25) is 10.0 Å². The van der Waals surface area contributed by atoms with E-state index in [0.717, 1.165) is 42.9 Å². The van der Waals surface area contributed by atoms with E-state index in [2.05, 4.69) is 15.6 Å². The van der Waals surface area contributed by atoms with E-state index in [-0.39, 0.29) is 17.8 Å². The Morgan fingerprint density at radius 1 is 0.848 bits per heavy atom. The number of ether oxygens (including phenoxy) is 1. The SMILES string of the molecule is Cl.O=c1cc(NCCCNCc2ccc(Cl)c(Cl)c2)[nH]c2ccc(Oc3ccccc3)cc12. The first-order valence-electron chi connectivity index (χ1n) is 10.4. The molecule has 0 atom stereocenters. The van der Waals surface area contributed by atoms with Gasteiger partial charge in [-0.2, -0.15) is 0 Å². The van der Waals surface area contributed by atoms with Gasteiger partial charge in [-0.1, -0.05) is 47.5 Å². The van der Waals surface area contributed by atoms with Crippen molar-refractivity contribution in [1.29, 1.82) is 0 Å². The van der Waals surface area contributed by atoms with Crippen LogP contribution in [0.4, 0.5) is 5.82 Å². The number of H-pyrrole nitrogens is 1. The fraction of sp³-hybridized carbons (Fsp3) is 0.160. The number of rotatable bonds is 9. The van der Waals surface area contributed by atoms with Crippen LogP contribution in [-0.2, 0) is 6.54 Å². The van der Waals surface area contributed by atoms with Crippen molar-refractivity contribution < 1.29 is 4.74 Å². The molecule has 0 unspecified atom stereocenters. The Balaban J connectivity index is 0.00000306. The maximum Gasteiger partial charge on any atom is 0.191 e. The van der Waals surface area contributed by atoms with Crippen LogP contribution in [0.15, 0.2) is 77.6 Å². The molecule has 1 heterocycles. The number of halogens is 3. The maximum absolute atomic E-state index is 12.6. The van der Waals surface area contributed by atoms with Gasteiger partial charge in [0.15, 0.2) is 5.43 Å². The Morgan fingerprint density at radius 2 is 1.67 bits per heavy atom. The quantitative estimate of drug-likeness (QED) is 0.224. The lowest BCUT2D eigenvalue weighted by Crippen LogP contribution is -2.18. The van der Waals surface area contributed by atoms with E-state index >= 15 is 0 Å². The van der Waals surface area contributed by atoms with Gasteiger partial charge in [0, 0.05) is 24.5 Å². The summed E-state index contributed by atoms with van der Waals surface area (Å²) in [7, 11) is 0. The van der Waals surface area contributed by atoms with Crippen LogP contribution in [-0.4, -0.2) is 18.1 Å². The lowest BCUT2D eigenvalue weighted by atomic mass is 10.2. The van der Waals surface area contributed by atoms with Gasteiger partial charge in [-0.15, -0.1) is 12.4 Å². The number of hydrogen-bond donors (Lipinski definition) is 3. The van der Waals surface area contributed by atoms with Crippen molar-refractivity contribution in [2.45, 2.75) is 13.0 Å². The van der Waals surface area contributed by atoms with Gasteiger partial charge in [0.05, 0.1) is 15.6 Å². The highest BCUT2D eigenvalue weighted by atomic mass is 35.5. The Labute approximate surface area is 208 Å². The molecule has 8 heteroatoms. The summed E-state index contributed by atoms with van der Waals surface area (Å²) in [6.07, 6.45) is 0.894. The number of pyridine rings is 1. The third-order valence-corrected chi connectivity index (χ3v) is 5.68. The molecule has 0 amide bonds. The highest BCUT2D eigenvalue weighted by Gasteiger charge is 2.05. The summed E-state index contributed by atoms with van der Waals surface area (Å²) in [4.78, 5) is 15.9. The maximum atomic E-state index is 12.6. The van der Waals surface area contributed by atoms with Gasteiger partial charge in [-0.05, 0) is 61.0 Å². The topological polar surface area (TPSA) is 66.2 Å². The molecular formula is C25H24Cl3N3O2. The van der Waals surface area contributed by atoms with Gasteiger partial charge in [0.2, 0.25) is 0 Å². The van der Waals surface area contributed by atoms with E-state index in [1.807, 2.05) is 54.6 Å². The van der Waals surface area contributed by atoms with Crippen LogP contribution >= 0.6 is 35.6 Å². The first kappa shape index (κ1) is 24.9. The summed E-state index contributed by atoms with van der Waals surface area (Å²) in [5, 5.41) is 8.37. The van der Waals surface area contributed by atoms with Crippen LogP contribution in [0.25, 0.3) is 10.9 Å². The molecule has 3 N–H and O–H groups in total. The fourth-order valence-corrected chi connectivity index (χ4v) is 3.65. The van der Waals surface area contributed by atoms with Gasteiger partial charge in [0.25, 0.3) is 0 Å². The Kier molecular flexibility index (Phi) is 9.03. The minimum atomic E-state index is -0.0579. The first-order valence-corrected chi connectivity index (χ1v) is 11.1. The van der Waals surface area contributed by atoms with Crippen LogP contribution < -0.4 is 20.8 Å². The van der Waals surface area contributed by atoms with Gasteiger partial charge >= 0.3 is 0 Å². The van der Waals surface area contributed by atoms with E-state index in [9.17, 15) is 4.79 Å². The van der Waals surface area contributed by atoms with Crippen molar-refractivity contribution in [3.8, 4) is 11.5 Å². The molecule has 0 aliphatic heterocycles. The highest BCUT2D eigenvalue weighted by molar-refractivity contribution is 6.42. The predicted octanol–water partition coefficient (Wildman–Crippen LogP) is 6.64. The standard InChI is InChI=1S/C25H23Cl2N3O2.ClH/c26-21-9-7-17(13-22(21)27)16-28-11-4-12-29-25-15-24(31)20-14-19(8-10-23(20)30-25)32-18-5-2-1-3-6-18;/h1-3,5-10,13-15,28H,4,11-12,16H2,(H2,29,30,31);1H. The van der Waals surface area contributed by atoms with E-state index < -0.39 is 0 Å². The summed E-state index contributed by atoms with van der Waals surface area (Å²) in [5.41, 5.74) is 1.79. The fourth-order valence-electron chi connectivity index (χ4n) is 3.33. The van der Waals surface area contributed by atoms with E-state index in [1.54, 1.807) is 18.2 Å². The third-order valence-electron chi connectivity index (χ3n) is 4.94. The molecule has 4 rings (SSSR count). The molecule has 1 aromatic heterocycles. The summed E-state index contributed by atoms with van der Waals surface area (Å²) >= 11 is 12.0. The van der Waals surface area contributed by atoms with Crippen molar-refractivity contribution in [2.75, 3.05) is 18.4 Å². The first-order chi connectivity index (χ1) is 15.6. The Bertz CT molecular complexity index is 1260. The number of hydrogen-bond acceptors (Lipinski definition) is 4. The number of para-hydroxylation sites is 1. The zero-order valence-corrected chi connectivity index (χ0v) is 20.1. The van der Waals surface area contributed by atoms with Crippen molar-refractivity contribution in [3.05, 3.63) is 98.6 Å².